The van der Waals surface area contributed by atoms with Gasteiger partial charge in [-0.25, -0.2) is 15.0 Å². The average molecular weight is 966 g/mol. The zero-order valence-electron chi connectivity index (χ0n) is 28.4. The van der Waals surface area contributed by atoms with Crippen molar-refractivity contribution >= 4 is 58.7 Å². The Bertz CT molecular complexity index is 2300. The Labute approximate surface area is 328 Å². The summed E-state index contributed by atoms with van der Waals surface area (Å²) in [6, 6.07) is 48.7. The molecule has 4 aromatic heterocycles. The van der Waals surface area contributed by atoms with E-state index in [1.54, 1.807) is 12.7 Å². The van der Waals surface area contributed by atoms with Crippen LogP contribution in [0.3, 0.4) is 0 Å². The van der Waals surface area contributed by atoms with Gasteiger partial charge in [0.05, 0.1) is 16.1 Å². The maximum atomic E-state index is 4.61. The van der Waals surface area contributed by atoms with E-state index in [0.29, 0.717) is 5.95 Å². The van der Waals surface area contributed by atoms with Crippen molar-refractivity contribution in [3.63, 3.8) is 0 Å². The van der Waals surface area contributed by atoms with E-state index >= 15 is 0 Å². The molecule has 0 aliphatic heterocycles. The maximum Gasteiger partial charge on any atom is 2.00 e. The van der Waals surface area contributed by atoms with E-state index in [9.17, 15) is 0 Å². The molecule has 0 fully saturated rings. The summed E-state index contributed by atoms with van der Waals surface area (Å²) in [4.78, 5) is 22.5. The van der Waals surface area contributed by atoms with Gasteiger partial charge in [-0.2, -0.15) is 57.5 Å². The van der Waals surface area contributed by atoms with Gasteiger partial charge in [0.15, 0.2) is 0 Å². The minimum absolute atomic E-state index is 0. The number of hydrogen-bond donors (Lipinski definition) is 0. The predicted molar refractivity (Wildman–Crippen MR) is 202 cm³/mol. The molecular weight excluding hydrogens is 934 g/mol. The van der Waals surface area contributed by atoms with Gasteiger partial charge in [0, 0.05) is 12.4 Å². The normalized spacial score (nSPS) is 11.6. The van der Waals surface area contributed by atoms with Crippen molar-refractivity contribution in [1.82, 2.24) is 29.5 Å². The average Bonchev–Trinajstić information content (AvgIpc) is 3.49. The molecule has 0 amide bonds. The van der Waals surface area contributed by atoms with Crippen LogP contribution in [-0.2, 0) is 41.5 Å². The van der Waals surface area contributed by atoms with Gasteiger partial charge in [-0.3, -0.25) is 0 Å². The van der Waals surface area contributed by atoms with Crippen molar-refractivity contribution < 1.29 is 41.5 Å². The van der Waals surface area contributed by atoms with Crippen LogP contribution in [0.25, 0.3) is 50.3 Å². The molecule has 8 aromatic rings. The Morgan fingerprint density at radius 1 is 0.490 bits per heavy atom. The molecule has 254 valence electrons. The number of hydrogen-bond acceptors (Lipinski definition) is 5. The Hall–Kier alpha value is -4.23. The maximum absolute atomic E-state index is 4.61. The Morgan fingerprint density at radius 2 is 0.941 bits per heavy atom. The first kappa shape index (κ1) is 36.6. The van der Waals surface area contributed by atoms with E-state index in [2.05, 4.69) is 141 Å². The number of aromatic nitrogens is 6. The van der Waals surface area contributed by atoms with Crippen molar-refractivity contribution in [2.24, 2.45) is 0 Å². The third kappa shape index (κ3) is 6.78. The number of nitrogens with zero attached hydrogens (tertiary/aromatic N) is 6. The first-order valence-electron chi connectivity index (χ1n) is 16.3. The monoisotopic (exact) mass is 965 g/mol. The largest absolute Gasteiger partial charge is 2.00 e. The summed E-state index contributed by atoms with van der Waals surface area (Å²) in [5.74, 6) is 0.545. The summed E-state index contributed by atoms with van der Waals surface area (Å²) in [6.45, 7) is 9.40. The van der Waals surface area contributed by atoms with Crippen LogP contribution in [0.4, 0.5) is 0 Å². The van der Waals surface area contributed by atoms with Gasteiger partial charge in [-0.05, 0) is 23.5 Å². The fourth-order valence-electron chi connectivity index (χ4n) is 6.44. The summed E-state index contributed by atoms with van der Waals surface area (Å²) in [5, 5.41) is 6.90. The number of fused-ring (bicyclic) bond motifs is 3. The van der Waals surface area contributed by atoms with Crippen molar-refractivity contribution in [1.29, 1.82) is 0 Å². The number of pyridine rings is 2. The quantitative estimate of drug-likeness (QED) is 0.147. The second-order valence-electron chi connectivity index (χ2n) is 13.2. The fraction of sp³-hybridized carbons (Fsp3) is 0.0976. The second-order valence-corrected chi connectivity index (χ2v) is 21.8. The molecule has 8 rings (SSSR count). The van der Waals surface area contributed by atoms with E-state index in [4.69, 9.17) is 0 Å². The van der Waals surface area contributed by atoms with Crippen molar-refractivity contribution in [3.05, 3.63) is 146 Å². The van der Waals surface area contributed by atoms with Gasteiger partial charge < -0.3 is 14.5 Å². The topological polar surface area (TPSA) is 69.4 Å². The van der Waals surface area contributed by atoms with Crippen LogP contribution in [0.15, 0.2) is 122 Å². The molecule has 0 saturated heterocycles. The molecule has 0 aliphatic carbocycles. The first-order valence-corrected chi connectivity index (χ1v) is 22.3. The predicted octanol–water partition coefficient (Wildman–Crippen LogP) is 5.93. The van der Waals surface area contributed by atoms with Gasteiger partial charge >= 0.3 is 41.5 Å². The van der Waals surface area contributed by atoms with Crippen LogP contribution in [0, 0.1) is 24.3 Å². The van der Waals surface area contributed by atoms with Gasteiger partial charge in [0.1, 0.15) is 12.7 Å². The third-order valence-corrected chi connectivity index (χ3v) is 16.0. The molecule has 0 N–H and O–H groups in total. The van der Waals surface area contributed by atoms with Gasteiger partial charge in [0.25, 0.3) is 0 Å². The molecule has 0 saturated carbocycles. The summed E-state index contributed by atoms with van der Waals surface area (Å²) in [5.41, 5.74) is 5.69. The summed E-state index contributed by atoms with van der Waals surface area (Å²) < 4.78 is 2.09. The third-order valence-electron chi connectivity index (χ3n) is 9.43. The minimum atomic E-state index is -2.25. The smallest absolute Gasteiger partial charge is 0.328 e. The van der Waals surface area contributed by atoms with E-state index in [-0.39, 0.29) is 41.5 Å². The van der Waals surface area contributed by atoms with E-state index in [1.165, 1.54) is 20.7 Å². The molecule has 4 heterocycles. The van der Waals surface area contributed by atoms with Gasteiger partial charge in [-0.15, -0.1) is 70.0 Å². The standard InChI is InChI=1S/C41H32N6Si2.Pd.Pt/c1-48(2,31-13-9-11-29(23-31)37-15-5-7-21-43-37)33-17-19-35-36-20-18-34(26-40(36)47(39(35)25-33)41-45-27-42-28-46-41)49(3,4)32-14-10-12-30(24-32)38-16-6-8-22-44-38;;/h5-22,27-28H,1-4H3;;/q-4;2*+2. The number of benzene rings is 4. The summed E-state index contributed by atoms with van der Waals surface area (Å²) in [6.07, 6.45) is 6.73. The molecule has 51 heavy (non-hydrogen) atoms. The van der Waals surface area contributed by atoms with Crippen LogP contribution in [0.2, 0.25) is 26.2 Å². The van der Waals surface area contributed by atoms with Gasteiger partial charge in [0.2, 0.25) is 5.95 Å². The molecule has 0 atom stereocenters. The van der Waals surface area contributed by atoms with Crippen LogP contribution in [0.5, 0.6) is 0 Å². The van der Waals surface area contributed by atoms with E-state index in [1.807, 2.05) is 48.8 Å². The zero-order valence-corrected chi connectivity index (χ0v) is 34.2. The van der Waals surface area contributed by atoms with Gasteiger partial charge in [-0.1, -0.05) is 61.5 Å². The van der Waals surface area contributed by atoms with Crippen molar-refractivity contribution in [2.45, 2.75) is 26.2 Å². The van der Waals surface area contributed by atoms with Crippen LogP contribution >= 0.6 is 0 Å². The van der Waals surface area contributed by atoms with Crippen LogP contribution in [-0.4, -0.2) is 45.6 Å². The number of rotatable bonds is 7. The molecule has 4 aromatic carbocycles. The summed E-state index contributed by atoms with van der Waals surface area (Å²) >= 11 is 0. The van der Waals surface area contributed by atoms with Crippen LogP contribution in [0.1, 0.15) is 0 Å². The molecule has 0 aliphatic rings. The fourth-order valence-corrected chi connectivity index (χ4v) is 10.8. The van der Waals surface area contributed by atoms with Crippen molar-refractivity contribution in [2.75, 3.05) is 0 Å². The SMILES string of the molecule is C[Si](C)(c1[c-]c(-c2ccccn2)ccc1)c1[c-]c2c(cc1)c1ccc([Si](C)(C)c3[c-]c(-c4ccccn4)ccc3)[c-]c1n2-c1ncncn1.[Pd+2].[Pt+2]. The Morgan fingerprint density at radius 3 is 1.37 bits per heavy atom. The first-order chi connectivity index (χ1) is 23.8. The molecule has 0 radical (unpaired) electrons. The molecule has 6 nitrogen and oxygen atoms in total. The molecule has 0 bridgehead atoms. The minimum Gasteiger partial charge on any atom is -0.328 e. The summed E-state index contributed by atoms with van der Waals surface area (Å²) in [7, 11) is -4.49. The molecular formula is C41H32N6PdPtSi2. The molecule has 0 spiro atoms. The molecule has 0 unspecified atom stereocenters. The Balaban J connectivity index is 0.00000224. The zero-order chi connectivity index (χ0) is 33.6. The second kappa shape index (κ2) is 14.8. The van der Waals surface area contributed by atoms with E-state index < -0.39 is 16.1 Å². The van der Waals surface area contributed by atoms with E-state index in [0.717, 1.165) is 44.3 Å². The van der Waals surface area contributed by atoms with Crippen molar-refractivity contribution in [3.8, 4) is 28.5 Å². The van der Waals surface area contributed by atoms with Crippen LogP contribution < -0.4 is 20.7 Å². The molecule has 10 heteroatoms. The Kier molecular flexibility index (Phi) is 10.6.